The SMILES string of the molecule is COC(=O)c1ccc2c(c1)N1C(=O)CCC1(c1ccccc1)N2CC(C)C. The summed E-state index contributed by atoms with van der Waals surface area (Å²) in [5.41, 5.74) is 2.83. The van der Waals surface area contributed by atoms with E-state index in [9.17, 15) is 9.59 Å². The maximum absolute atomic E-state index is 13.0. The third-order valence-corrected chi connectivity index (χ3v) is 5.47. The molecule has 0 N–H and O–H groups in total. The third kappa shape index (κ3) is 2.52. The molecule has 1 fully saturated rings. The number of esters is 1. The van der Waals surface area contributed by atoms with Gasteiger partial charge in [0.15, 0.2) is 0 Å². The summed E-state index contributed by atoms with van der Waals surface area (Å²) in [6, 6.07) is 15.7. The number of nitrogens with zero attached hydrogens (tertiary/aromatic N) is 2. The first-order valence-corrected chi connectivity index (χ1v) is 9.37. The molecule has 2 heterocycles. The van der Waals surface area contributed by atoms with E-state index in [0.717, 1.165) is 29.9 Å². The predicted octanol–water partition coefficient (Wildman–Crippen LogP) is 3.93. The van der Waals surface area contributed by atoms with Gasteiger partial charge in [-0.2, -0.15) is 0 Å². The Morgan fingerprint density at radius 2 is 1.89 bits per heavy atom. The van der Waals surface area contributed by atoms with Gasteiger partial charge in [-0.1, -0.05) is 44.2 Å². The number of fused-ring (bicyclic) bond motifs is 3. The van der Waals surface area contributed by atoms with Crippen molar-refractivity contribution < 1.29 is 14.3 Å². The van der Waals surface area contributed by atoms with E-state index in [4.69, 9.17) is 4.74 Å². The number of hydrogen-bond donors (Lipinski definition) is 0. The van der Waals surface area contributed by atoms with Crippen LogP contribution in [0.4, 0.5) is 11.4 Å². The van der Waals surface area contributed by atoms with Crippen molar-refractivity contribution in [2.45, 2.75) is 32.4 Å². The Bertz CT molecular complexity index is 894. The highest BCUT2D eigenvalue weighted by Crippen LogP contribution is 2.56. The van der Waals surface area contributed by atoms with Crippen molar-refractivity contribution in [3.8, 4) is 0 Å². The van der Waals surface area contributed by atoms with Gasteiger partial charge in [-0.15, -0.1) is 0 Å². The molecule has 0 radical (unpaired) electrons. The largest absolute Gasteiger partial charge is 0.465 e. The Balaban J connectivity index is 1.94. The molecule has 140 valence electrons. The Kier molecular flexibility index (Phi) is 4.17. The minimum atomic E-state index is -0.528. The van der Waals surface area contributed by atoms with Crippen LogP contribution in [-0.4, -0.2) is 25.5 Å². The molecule has 2 aromatic carbocycles. The van der Waals surface area contributed by atoms with Gasteiger partial charge in [-0.3, -0.25) is 9.69 Å². The third-order valence-electron chi connectivity index (χ3n) is 5.47. The monoisotopic (exact) mass is 364 g/mol. The zero-order valence-electron chi connectivity index (χ0n) is 15.9. The molecule has 2 aromatic rings. The van der Waals surface area contributed by atoms with Crippen LogP contribution >= 0.6 is 0 Å². The fourth-order valence-electron chi connectivity index (χ4n) is 4.42. The second-order valence-corrected chi connectivity index (χ2v) is 7.61. The molecule has 2 aliphatic heterocycles. The molecular formula is C22H24N2O3. The Hall–Kier alpha value is -2.82. The minimum Gasteiger partial charge on any atom is -0.465 e. The number of anilines is 2. The normalized spacial score (nSPS) is 20.8. The molecule has 0 spiro atoms. The molecule has 1 atom stereocenters. The first-order chi connectivity index (χ1) is 13.0. The summed E-state index contributed by atoms with van der Waals surface area (Å²) >= 11 is 0. The summed E-state index contributed by atoms with van der Waals surface area (Å²) in [6.07, 6.45) is 1.22. The number of amides is 1. The summed E-state index contributed by atoms with van der Waals surface area (Å²) in [7, 11) is 1.37. The van der Waals surface area contributed by atoms with E-state index in [-0.39, 0.29) is 5.91 Å². The van der Waals surface area contributed by atoms with Gasteiger partial charge in [0.2, 0.25) is 5.91 Å². The van der Waals surface area contributed by atoms with Crippen LogP contribution in [-0.2, 0) is 15.2 Å². The Labute approximate surface area is 159 Å². The molecule has 5 heteroatoms. The van der Waals surface area contributed by atoms with Crippen LogP contribution in [0.2, 0.25) is 0 Å². The first-order valence-electron chi connectivity index (χ1n) is 9.37. The summed E-state index contributed by atoms with van der Waals surface area (Å²) in [5, 5.41) is 0. The van der Waals surface area contributed by atoms with E-state index < -0.39 is 11.6 Å². The maximum Gasteiger partial charge on any atom is 0.337 e. The lowest BCUT2D eigenvalue weighted by atomic mass is 9.94. The highest BCUT2D eigenvalue weighted by molar-refractivity contribution is 6.06. The molecule has 2 aliphatic rings. The smallest absolute Gasteiger partial charge is 0.337 e. The quantitative estimate of drug-likeness (QED) is 0.772. The lowest BCUT2D eigenvalue weighted by Gasteiger charge is -2.42. The van der Waals surface area contributed by atoms with Crippen LogP contribution < -0.4 is 9.80 Å². The average molecular weight is 364 g/mol. The van der Waals surface area contributed by atoms with E-state index in [2.05, 4.69) is 30.9 Å². The van der Waals surface area contributed by atoms with Gasteiger partial charge in [0.05, 0.1) is 24.0 Å². The van der Waals surface area contributed by atoms with Crippen molar-refractivity contribution >= 4 is 23.3 Å². The highest BCUT2D eigenvalue weighted by Gasteiger charge is 2.57. The number of methoxy groups -OCH3 is 1. The summed E-state index contributed by atoms with van der Waals surface area (Å²) in [4.78, 5) is 29.3. The van der Waals surface area contributed by atoms with Gasteiger partial charge in [0.1, 0.15) is 5.66 Å². The van der Waals surface area contributed by atoms with Crippen molar-refractivity contribution in [1.82, 2.24) is 0 Å². The molecule has 0 aliphatic carbocycles. The lowest BCUT2D eigenvalue weighted by molar-refractivity contribution is -0.117. The zero-order valence-corrected chi connectivity index (χ0v) is 15.9. The van der Waals surface area contributed by atoms with Crippen LogP contribution in [0.1, 0.15) is 42.6 Å². The van der Waals surface area contributed by atoms with Gasteiger partial charge in [0, 0.05) is 19.4 Å². The van der Waals surface area contributed by atoms with Crippen LogP contribution in [0, 0.1) is 5.92 Å². The number of rotatable bonds is 4. The van der Waals surface area contributed by atoms with Gasteiger partial charge in [-0.05, 0) is 29.7 Å². The van der Waals surface area contributed by atoms with E-state index >= 15 is 0 Å². The average Bonchev–Trinajstić information content (AvgIpc) is 3.16. The van der Waals surface area contributed by atoms with Crippen LogP contribution in [0.25, 0.3) is 0 Å². The number of hydrogen-bond acceptors (Lipinski definition) is 4. The second kappa shape index (κ2) is 6.41. The maximum atomic E-state index is 13.0. The number of carbonyl (C=O) groups is 2. The van der Waals surface area contributed by atoms with Crippen molar-refractivity contribution in [2.24, 2.45) is 5.92 Å². The minimum absolute atomic E-state index is 0.0911. The van der Waals surface area contributed by atoms with E-state index in [1.807, 2.05) is 29.2 Å². The van der Waals surface area contributed by atoms with Gasteiger partial charge in [0.25, 0.3) is 0 Å². The Morgan fingerprint density at radius 1 is 1.15 bits per heavy atom. The fraction of sp³-hybridized carbons (Fsp3) is 0.364. The van der Waals surface area contributed by atoms with E-state index in [0.29, 0.717) is 17.9 Å². The standard InChI is InChI=1S/C22H24N2O3/c1-15(2)14-23-18-10-9-16(21(26)27-3)13-19(18)24-20(25)11-12-22(23,24)17-7-5-4-6-8-17/h4-10,13,15H,11-12,14H2,1-3H3. The molecule has 5 nitrogen and oxygen atoms in total. The van der Waals surface area contributed by atoms with Crippen molar-refractivity contribution in [2.75, 3.05) is 23.5 Å². The molecule has 4 rings (SSSR count). The molecule has 1 amide bonds. The number of ether oxygens (including phenoxy) is 1. The van der Waals surface area contributed by atoms with Crippen LogP contribution in [0.5, 0.6) is 0 Å². The molecule has 0 aromatic heterocycles. The molecular weight excluding hydrogens is 340 g/mol. The highest BCUT2D eigenvalue weighted by atomic mass is 16.5. The first kappa shape index (κ1) is 17.6. The Morgan fingerprint density at radius 3 is 2.56 bits per heavy atom. The van der Waals surface area contributed by atoms with Crippen LogP contribution in [0.15, 0.2) is 48.5 Å². The van der Waals surface area contributed by atoms with Gasteiger partial charge >= 0.3 is 5.97 Å². The second-order valence-electron chi connectivity index (χ2n) is 7.61. The van der Waals surface area contributed by atoms with Gasteiger partial charge < -0.3 is 9.64 Å². The van der Waals surface area contributed by atoms with Crippen LogP contribution in [0.3, 0.4) is 0 Å². The van der Waals surface area contributed by atoms with Crippen molar-refractivity contribution in [3.05, 3.63) is 59.7 Å². The van der Waals surface area contributed by atoms with Gasteiger partial charge in [-0.25, -0.2) is 4.79 Å². The molecule has 1 unspecified atom stereocenters. The lowest BCUT2D eigenvalue weighted by Crippen LogP contribution is -2.52. The number of carbonyl (C=O) groups excluding carboxylic acids is 2. The number of benzene rings is 2. The zero-order chi connectivity index (χ0) is 19.2. The molecule has 0 saturated carbocycles. The summed E-state index contributed by atoms with van der Waals surface area (Å²) in [6.45, 7) is 5.19. The predicted molar refractivity (Wildman–Crippen MR) is 105 cm³/mol. The molecule has 0 bridgehead atoms. The summed E-state index contributed by atoms with van der Waals surface area (Å²) < 4.78 is 4.88. The topological polar surface area (TPSA) is 49.9 Å². The van der Waals surface area contributed by atoms with Crippen molar-refractivity contribution in [3.63, 3.8) is 0 Å². The summed E-state index contributed by atoms with van der Waals surface area (Å²) in [5.74, 6) is 0.125. The molecule has 1 saturated heterocycles. The van der Waals surface area contributed by atoms with E-state index in [1.165, 1.54) is 7.11 Å². The van der Waals surface area contributed by atoms with E-state index in [1.54, 1.807) is 12.1 Å². The van der Waals surface area contributed by atoms with Crippen molar-refractivity contribution in [1.29, 1.82) is 0 Å². The fourth-order valence-corrected chi connectivity index (χ4v) is 4.42. The molecule has 27 heavy (non-hydrogen) atoms.